The molecule has 0 radical (unpaired) electrons. The fourth-order valence-electron chi connectivity index (χ4n) is 2.56. The Hall–Kier alpha value is -2.13. The second kappa shape index (κ2) is 6.75. The van der Waals surface area contributed by atoms with Crippen molar-refractivity contribution < 1.29 is 9.90 Å². The normalized spacial score (nSPS) is 11.3. The monoisotopic (exact) mass is 297 g/mol. The number of carbonyl (C=O) groups is 1. The minimum atomic E-state index is -0.904. The van der Waals surface area contributed by atoms with Crippen molar-refractivity contribution in [2.24, 2.45) is 0 Å². The first-order valence-electron chi connectivity index (χ1n) is 7.46. The molecular weight excluding hydrogens is 274 g/mol. The van der Waals surface area contributed by atoms with Crippen LogP contribution in [0, 0.1) is 0 Å². The van der Waals surface area contributed by atoms with Gasteiger partial charge in [-0.25, -0.2) is 0 Å². The highest BCUT2D eigenvalue weighted by Gasteiger charge is 2.21. The highest BCUT2D eigenvalue weighted by Crippen LogP contribution is 2.17. The Morgan fingerprint density at radius 1 is 1.05 bits per heavy atom. The summed E-state index contributed by atoms with van der Waals surface area (Å²) >= 11 is 0. The number of carbonyl (C=O) groups excluding carboxylic acids is 1. The number of nitrogens with zero attached hydrogens (tertiary/aromatic N) is 1. The zero-order chi connectivity index (χ0) is 16.2. The van der Waals surface area contributed by atoms with E-state index >= 15 is 0 Å². The lowest BCUT2D eigenvalue weighted by atomic mass is 9.98. The Labute approximate surface area is 132 Å². The molecule has 3 nitrogen and oxygen atoms in total. The smallest absolute Gasteiger partial charge is 0.253 e. The predicted octanol–water partition coefficient (Wildman–Crippen LogP) is 3.12. The van der Waals surface area contributed by atoms with E-state index < -0.39 is 5.60 Å². The first kappa shape index (κ1) is 16.2. The SMILES string of the molecule is CN(CC(C)(C)O)C(=O)c1ccccc1Cc1ccccc1. The van der Waals surface area contributed by atoms with Crippen molar-refractivity contribution in [2.45, 2.75) is 25.9 Å². The van der Waals surface area contributed by atoms with Crippen LogP contribution in [0.25, 0.3) is 0 Å². The van der Waals surface area contributed by atoms with Crippen LogP contribution in [0.2, 0.25) is 0 Å². The van der Waals surface area contributed by atoms with E-state index in [2.05, 4.69) is 12.1 Å². The maximum absolute atomic E-state index is 12.6. The van der Waals surface area contributed by atoms with Crippen LogP contribution in [-0.2, 0) is 6.42 Å². The average molecular weight is 297 g/mol. The summed E-state index contributed by atoms with van der Waals surface area (Å²) in [5.74, 6) is -0.0614. The minimum absolute atomic E-state index is 0.0614. The standard InChI is InChI=1S/C19H23NO2/c1-19(2,22)14-20(3)18(21)17-12-8-7-11-16(17)13-15-9-5-4-6-10-15/h4-12,22H,13-14H2,1-3H3. The van der Waals surface area contributed by atoms with Gasteiger partial charge in [-0.05, 0) is 37.5 Å². The fourth-order valence-corrected chi connectivity index (χ4v) is 2.56. The molecular formula is C19H23NO2. The number of hydrogen-bond acceptors (Lipinski definition) is 2. The van der Waals surface area contributed by atoms with Crippen molar-refractivity contribution in [3.05, 3.63) is 71.3 Å². The van der Waals surface area contributed by atoms with Crippen LogP contribution in [0.15, 0.2) is 54.6 Å². The second-order valence-corrected chi connectivity index (χ2v) is 6.29. The van der Waals surface area contributed by atoms with E-state index in [1.165, 1.54) is 5.56 Å². The van der Waals surface area contributed by atoms with Gasteiger partial charge in [0.2, 0.25) is 0 Å². The average Bonchev–Trinajstić information content (AvgIpc) is 2.46. The van der Waals surface area contributed by atoms with Gasteiger partial charge in [0.1, 0.15) is 0 Å². The zero-order valence-electron chi connectivity index (χ0n) is 13.4. The van der Waals surface area contributed by atoms with Gasteiger partial charge < -0.3 is 10.0 Å². The van der Waals surface area contributed by atoms with Gasteiger partial charge >= 0.3 is 0 Å². The van der Waals surface area contributed by atoms with Gasteiger partial charge in [0.25, 0.3) is 5.91 Å². The van der Waals surface area contributed by atoms with E-state index in [1.807, 2.05) is 42.5 Å². The molecule has 1 N–H and O–H groups in total. The maximum Gasteiger partial charge on any atom is 0.253 e. The second-order valence-electron chi connectivity index (χ2n) is 6.29. The molecule has 0 spiro atoms. The molecule has 0 aliphatic heterocycles. The van der Waals surface area contributed by atoms with Crippen molar-refractivity contribution in [3.63, 3.8) is 0 Å². The molecule has 0 heterocycles. The van der Waals surface area contributed by atoms with Crippen LogP contribution in [0.3, 0.4) is 0 Å². The molecule has 3 heteroatoms. The van der Waals surface area contributed by atoms with Gasteiger partial charge in [-0.3, -0.25) is 4.79 Å². The number of aliphatic hydroxyl groups is 1. The van der Waals surface area contributed by atoms with E-state index in [0.29, 0.717) is 12.1 Å². The van der Waals surface area contributed by atoms with Gasteiger partial charge in [0.15, 0.2) is 0 Å². The van der Waals surface area contributed by atoms with Crippen LogP contribution < -0.4 is 0 Å². The number of hydrogen-bond donors (Lipinski definition) is 1. The Morgan fingerprint density at radius 3 is 2.27 bits per heavy atom. The van der Waals surface area contributed by atoms with Crippen molar-refractivity contribution in [1.29, 1.82) is 0 Å². The third-order valence-electron chi connectivity index (χ3n) is 3.46. The molecule has 1 amide bonds. The van der Waals surface area contributed by atoms with E-state index in [1.54, 1.807) is 25.8 Å². The third-order valence-corrected chi connectivity index (χ3v) is 3.46. The highest BCUT2D eigenvalue weighted by molar-refractivity contribution is 5.95. The molecule has 0 fully saturated rings. The van der Waals surface area contributed by atoms with E-state index in [4.69, 9.17) is 0 Å². The van der Waals surface area contributed by atoms with Gasteiger partial charge in [0.05, 0.1) is 5.60 Å². The van der Waals surface area contributed by atoms with E-state index in [-0.39, 0.29) is 5.91 Å². The summed E-state index contributed by atoms with van der Waals surface area (Å²) in [4.78, 5) is 14.2. The molecule has 2 aromatic rings. The topological polar surface area (TPSA) is 40.5 Å². The summed E-state index contributed by atoms with van der Waals surface area (Å²) in [6.07, 6.45) is 0.721. The first-order valence-corrected chi connectivity index (χ1v) is 7.46. The molecule has 0 bridgehead atoms. The molecule has 116 valence electrons. The summed E-state index contributed by atoms with van der Waals surface area (Å²) < 4.78 is 0. The fraction of sp³-hybridized carbons (Fsp3) is 0.316. The molecule has 2 rings (SSSR count). The van der Waals surface area contributed by atoms with Gasteiger partial charge in [-0.15, -0.1) is 0 Å². The molecule has 0 aliphatic carbocycles. The van der Waals surface area contributed by atoms with Crippen LogP contribution in [0.4, 0.5) is 0 Å². The van der Waals surface area contributed by atoms with Crippen molar-refractivity contribution >= 4 is 5.91 Å². The Bertz CT molecular complexity index is 629. The van der Waals surface area contributed by atoms with Crippen molar-refractivity contribution in [2.75, 3.05) is 13.6 Å². The Balaban J connectivity index is 2.23. The Kier molecular flexibility index (Phi) is 4.99. The largest absolute Gasteiger partial charge is 0.389 e. The van der Waals surface area contributed by atoms with E-state index in [9.17, 15) is 9.90 Å². The molecule has 0 aliphatic rings. The minimum Gasteiger partial charge on any atom is -0.389 e. The van der Waals surface area contributed by atoms with Crippen molar-refractivity contribution in [1.82, 2.24) is 4.90 Å². The zero-order valence-corrected chi connectivity index (χ0v) is 13.4. The first-order chi connectivity index (χ1) is 10.4. The van der Waals surface area contributed by atoms with E-state index in [0.717, 1.165) is 12.0 Å². The lowest BCUT2D eigenvalue weighted by Gasteiger charge is -2.26. The quantitative estimate of drug-likeness (QED) is 0.921. The molecule has 0 saturated carbocycles. The molecule has 2 aromatic carbocycles. The van der Waals surface area contributed by atoms with Gasteiger partial charge in [-0.1, -0.05) is 48.5 Å². The van der Waals surface area contributed by atoms with Gasteiger partial charge in [0, 0.05) is 19.2 Å². The lowest BCUT2D eigenvalue weighted by Crippen LogP contribution is -2.40. The predicted molar refractivity (Wildman–Crippen MR) is 88.9 cm³/mol. The summed E-state index contributed by atoms with van der Waals surface area (Å²) in [6, 6.07) is 17.8. The number of benzene rings is 2. The number of rotatable bonds is 5. The highest BCUT2D eigenvalue weighted by atomic mass is 16.3. The van der Waals surface area contributed by atoms with Gasteiger partial charge in [-0.2, -0.15) is 0 Å². The lowest BCUT2D eigenvalue weighted by molar-refractivity contribution is 0.0367. The summed E-state index contributed by atoms with van der Waals surface area (Å²) in [5.41, 5.74) is 1.96. The third kappa shape index (κ3) is 4.43. The molecule has 22 heavy (non-hydrogen) atoms. The van der Waals surface area contributed by atoms with Crippen molar-refractivity contribution in [3.8, 4) is 0 Å². The summed E-state index contributed by atoms with van der Waals surface area (Å²) in [7, 11) is 1.72. The summed E-state index contributed by atoms with van der Waals surface area (Å²) in [6.45, 7) is 3.70. The molecule has 0 aromatic heterocycles. The molecule has 0 unspecified atom stereocenters. The molecule has 0 saturated heterocycles. The van der Waals surface area contributed by atoms with Crippen LogP contribution >= 0.6 is 0 Å². The van der Waals surface area contributed by atoms with Crippen LogP contribution in [-0.4, -0.2) is 35.1 Å². The maximum atomic E-state index is 12.6. The van der Waals surface area contributed by atoms with Crippen LogP contribution in [0.1, 0.15) is 35.3 Å². The number of likely N-dealkylation sites (N-methyl/N-ethyl adjacent to an activating group) is 1. The Morgan fingerprint density at radius 2 is 1.64 bits per heavy atom. The van der Waals surface area contributed by atoms with Crippen LogP contribution in [0.5, 0.6) is 0 Å². The number of amides is 1. The summed E-state index contributed by atoms with van der Waals surface area (Å²) in [5, 5.41) is 9.89. The molecule has 0 atom stereocenters.